The van der Waals surface area contributed by atoms with Crippen LogP contribution >= 0.6 is 12.4 Å². The number of hydrogen-bond donors (Lipinski definition) is 2. The molecule has 2 N–H and O–H groups in total. The Morgan fingerprint density at radius 2 is 1.79 bits per heavy atom. The van der Waals surface area contributed by atoms with Crippen LogP contribution in [0.1, 0.15) is 33.8 Å². The number of nitrogens with one attached hydrogen (secondary N) is 2. The lowest BCUT2D eigenvalue weighted by Crippen LogP contribution is -2.44. The fourth-order valence-electron chi connectivity index (χ4n) is 3.29. The molecule has 0 unspecified atom stereocenters. The third-order valence-corrected chi connectivity index (χ3v) is 4.94. The molecule has 2 heterocycles. The molecule has 2 aromatic rings. The lowest BCUT2D eigenvalue weighted by Gasteiger charge is -2.32. The van der Waals surface area contributed by atoms with Gasteiger partial charge in [0.15, 0.2) is 17.3 Å². The standard InChI is InChI=1S/C20H25N3O5.ClH/c1-21-13-6-8-23(9-7-13)20(25)14-11-17(26-2)18(27-3)12-15(14)22-19(24)16-5-4-10-28-16;/h4-5,10-13,21H,6-9H2,1-3H3,(H,22,24);1H. The average Bonchev–Trinajstić information content (AvgIpc) is 3.28. The number of nitrogens with zero attached hydrogens (tertiary/aromatic N) is 1. The van der Waals surface area contributed by atoms with Gasteiger partial charge in [0.2, 0.25) is 0 Å². The fourth-order valence-corrected chi connectivity index (χ4v) is 3.29. The second-order valence-corrected chi connectivity index (χ2v) is 6.54. The number of anilines is 1. The number of benzene rings is 1. The number of amides is 2. The Kier molecular flexibility index (Phi) is 7.92. The predicted molar refractivity (Wildman–Crippen MR) is 111 cm³/mol. The third kappa shape index (κ3) is 5.02. The summed E-state index contributed by atoms with van der Waals surface area (Å²) in [5, 5.41) is 6.00. The highest BCUT2D eigenvalue weighted by molar-refractivity contribution is 6.08. The van der Waals surface area contributed by atoms with E-state index >= 15 is 0 Å². The molecular weight excluding hydrogens is 398 g/mol. The maximum absolute atomic E-state index is 13.2. The van der Waals surface area contributed by atoms with Gasteiger partial charge in [-0.15, -0.1) is 12.4 Å². The Morgan fingerprint density at radius 1 is 1.14 bits per heavy atom. The molecule has 1 saturated heterocycles. The Labute approximate surface area is 175 Å². The van der Waals surface area contributed by atoms with Crippen LogP contribution < -0.4 is 20.1 Å². The van der Waals surface area contributed by atoms with E-state index in [-0.39, 0.29) is 24.1 Å². The largest absolute Gasteiger partial charge is 0.493 e. The van der Waals surface area contributed by atoms with Gasteiger partial charge in [0.1, 0.15) is 0 Å². The van der Waals surface area contributed by atoms with Crippen LogP contribution in [0, 0.1) is 0 Å². The molecule has 0 saturated carbocycles. The molecule has 8 nitrogen and oxygen atoms in total. The molecule has 1 aromatic carbocycles. The van der Waals surface area contributed by atoms with E-state index in [4.69, 9.17) is 13.9 Å². The zero-order valence-corrected chi connectivity index (χ0v) is 17.5. The zero-order chi connectivity index (χ0) is 20.1. The van der Waals surface area contributed by atoms with Crippen molar-refractivity contribution >= 4 is 29.9 Å². The number of rotatable bonds is 6. The molecule has 29 heavy (non-hydrogen) atoms. The molecule has 1 aromatic heterocycles. The molecule has 0 aliphatic carbocycles. The summed E-state index contributed by atoms with van der Waals surface area (Å²) in [5.41, 5.74) is 0.695. The zero-order valence-electron chi connectivity index (χ0n) is 16.7. The van der Waals surface area contributed by atoms with E-state index < -0.39 is 5.91 Å². The molecule has 1 aliphatic rings. The molecular formula is C20H26ClN3O5. The van der Waals surface area contributed by atoms with Gasteiger partial charge in [-0.25, -0.2) is 0 Å². The number of furan rings is 1. The van der Waals surface area contributed by atoms with Crippen molar-refractivity contribution in [3.8, 4) is 11.5 Å². The Bertz CT molecular complexity index is 833. The second-order valence-electron chi connectivity index (χ2n) is 6.54. The van der Waals surface area contributed by atoms with Crippen LogP contribution in [0.5, 0.6) is 11.5 Å². The van der Waals surface area contributed by atoms with Crippen molar-refractivity contribution in [3.05, 3.63) is 41.9 Å². The van der Waals surface area contributed by atoms with E-state index in [0.29, 0.717) is 41.9 Å². The number of piperidine rings is 1. The summed E-state index contributed by atoms with van der Waals surface area (Å²) in [5.74, 6) is 0.392. The number of carbonyl (C=O) groups is 2. The molecule has 0 bridgehead atoms. The summed E-state index contributed by atoms with van der Waals surface area (Å²) in [4.78, 5) is 27.4. The first-order chi connectivity index (χ1) is 13.6. The van der Waals surface area contributed by atoms with Gasteiger partial charge >= 0.3 is 0 Å². The first-order valence-corrected chi connectivity index (χ1v) is 9.14. The van der Waals surface area contributed by atoms with Gasteiger partial charge in [-0.1, -0.05) is 0 Å². The van der Waals surface area contributed by atoms with Crippen LogP contribution in [-0.2, 0) is 0 Å². The van der Waals surface area contributed by atoms with Crippen molar-refractivity contribution in [1.29, 1.82) is 0 Å². The first-order valence-electron chi connectivity index (χ1n) is 9.14. The van der Waals surface area contributed by atoms with Gasteiger partial charge < -0.3 is 29.4 Å². The number of ether oxygens (including phenoxy) is 2. The van der Waals surface area contributed by atoms with Crippen molar-refractivity contribution in [1.82, 2.24) is 10.2 Å². The third-order valence-electron chi connectivity index (χ3n) is 4.94. The molecule has 0 spiro atoms. The molecule has 9 heteroatoms. The van der Waals surface area contributed by atoms with E-state index in [1.54, 1.807) is 29.2 Å². The van der Waals surface area contributed by atoms with E-state index in [2.05, 4.69) is 10.6 Å². The molecule has 0 radical (unpaired) electrons. The van der Waals surface area contributed by atoms with Crippen molar-refractivity contribution in [2.24, 2.45) is 0 Å². The molecule has 1 aliphatic heterocycles. The highest BCUT2D eigenvalue weighted by Crippen LogP contribution is 2.34. The monoisotopic (exact) mass is 423 g/mol. The fraction of sp³-hybridized carbons (Fsp3) is 0.400. The quantitative estimate of drug-likeness (QED) is 0.742. The average molecular weight is 424 g/mol. The molecule has 158 valence electrons. The van der Waals surface area contributed by atoms with Crippen molar-refractivity contribution in [2.75, 3.05) is 39.7 Å². The predicted octanol–water partition coefficient (Wildman–Crippen LogP) is 2.79. The normalized spacial score (nSPS) is 14.1. The highest BCUT2D eigenvalue weighted by atomic mass is 35.5. The summed E-state index contributed by atoms with van der Waals surface area (Å²) in [6, 6.07) is 6.78. The van der Waals surface area contributed by atoms with Crippen molar-refractivity contribution in [3.63, 3.8) is 0 Å². The first kappa shape index (κ1) is 22.6. The lowest BCUT2D eigenvalue weighted by molar-refractivity contribution is 0.0708. The highest BCUT2D eigenvalue weighted by Gasteiger charge is 2.27. The van der Waals surface area contributed by atoms with E-state index in [1.807, 2.05) is 7.05 Å². The van der Waals surface area contributed by atoms with Gasteiger partial charge in [-0.05, 0) is 38.1 Å². The summed E-state index contributed by atoms with van der Waals surface area (Å²) in [7, 11) is 4.93. The summed E-state index contributed by atoms with van der Waals surface area (Å²) in [6.07, 6.45) is 3.18. The van der Waals surface area contributed by atoms with Crippen LogP contribution in [0.4, 0.5) is 5.69 Å². The van der Waals surface area contributed by atoms with Crippen molar-refractivity contribution < 1.29 is 23.5 Å². The van der Waals surface area contributed by atoms with E-state index in [1.165, 1.54) is 20.5 Å². The van der Waals surface area contributed by atoms with Crippen LogP contribution in [-0.4, -0.2) is 57.1 Å². The summed E-state index contributed by atoms with van der Waals surface area (Å²) >= 11 is 0. The Balaban J connectivity index is 0.00000300. The van der Waals surface area contributed by atoms with Gasteiger partial charge in [-0.3, -0.25) is 9.59 Å². The maximum Gasteiger partial charge on any atom is 0.291 e. The molecule has 1 fully saturated rings. The number of halogens is 1. The van der Waals surface area contributed by atoms with Crippen LogP contribution in [0.25, 0.3) is 0 Å². The van der Waals surface area contributed by atoms with Crippen LogP contribution in [0.15, 0.2) is 34.9 Å². The Morgan fingerprint density at radius 3 is 2.34 bits per heavy atom. The SMILES string of the molecule is CNC1CCN(C(=O)c2cc(OC)c(OC)cc2NC(=O)c2ccco2)CC1.Cl. The number of methoxy groups -OCH3 is 2. The molecule has 2 amide bonds. The minimum atomic E-state index is -0.444. The summed E-state index contributed by atoms with van der Waals surface area (Å²) < 4.78 is 15.8. The number of likely N-dealkylation sites (tertiary alicyclic amines) is 1. The maximum atomic E-state index is 13.2. The Hall–Kier alpha value is -2.71. The van der Waals surface area contributed by atoms with Gasteiger partial charge in [0.05, 0.1) is 31.7 Å². The molecule has 0 atom stereocenters. The second kappa shape index (κ2) is 10.2. The van der Waals surface area contributed by atoms with E-state index in [9.17, 15) is 9.59 Å². The smallest absolute Gasteiger partial charge is 0.291 e. The van der Waals surface area contributed by atoms with Crippen molar-refractivity contribution in [2.45, 2.75) is 18.9 Å². The van der Waals surface area contributed by atoms with Gasteiger partial charge in [0.25, 0.3) is 11.8 Å². The minimum Gasteiger partial charge on any atom is -0.493 e. The van der Waals surface area contributed by atoms with Gasteiger partial charge in [-0.2, -0.15) is 0 Å². The van der Waals surface area contributed by atoms with Crippen LogP contribution in [0.3, 0.4) is 0 Å². The summed E-state index contributed by atoms with van der Waals surface area (Å²) in [6.45, 7) is 1.29. The lowest BCUT2D eigenvalue weighted by atomic mass is 10.0. The molecule has 3 rings (SSSR count). The van der Waals surface area contributed by atoms with Gasteiger partial charge in [0, 0.05) is 25.2 Å². The van der Waals surface area contributed by atoms with Crippen LogP contribution in [0.2, 0.25) is 0 Å². The van der Waals surface area contributed by atoms with E-state index in [0.717, 1.165) is 12.8 Å². The minimum absolute atomic E-state index is 0. The number of carbonyl (C=O) groups excluding carboxylic acids is 2. The number of hydrogen-bond acceptors (Lipinski definition) is 6. The topological polar surface area (TPSA) is 93.0 Å².